The maximum atomic E-state index is 12.9. The number of nitrogens with two attached hydrogens (primary N) is 1. The molecule has 0 amide bonds. The van der Waals surface area contributed by atoms with E-state index in [0.29, 0.717) is 6.42 Å². The van der Waals surface area contributed by atoms with Crippen LogP contribution in [0.2, 0.25) is 0 Å². The van der Waals surface area contributed by atoms with Gasteiger partial charge in [-0.2, -0.15) is 0 Å². The molecular formula is C10H15FN2O2S. The SMILES string of the molecule is CCCCS(=O)(=O)Nc1cc(N)cc(F)c1. The van der Waals surface area contributed by atoms with Crippen LogP contribution in [0.4, 0.5) is 15.8 Å². The molecule has 0 aromatic heterocycles. The number of anilines is 2. The van der Waals surface area contributed by atoms with Crippen molar-refractivity contribution in [2.45, 2.75) is 19.8 Å². The Bertz CT molecular complexity index is 440. The molecule has 0 saturated carbocycles. The first-order chi connectivity index (χ1) is 7.43. The van der Waals surface area contributed by atoms with Crippen molar-refractivity contribution in [3.8, 4) is 0 Å². The highest BCUT2D eigenvalue weighted by molar-refractivity contribution is 7.92. The van der Waals surface area contributed by atoms with Gasteiger partial charge in [0.05, 0.1) is 11.4 Å². The standard InChI is InChI=1S/C10H15FN2O2S/c1-2-3-4-16(14,15)13-10-6-8(11)5-9(12)7-10/h5-7,13H,2-4,12H2,1H3. The molecule has 0 radical (unpaired) electrons. The van der Waals surface area contributed by atoms with Gasteiger partial charge in [-0.1, -0.05) is 13.3 Å². The van der Waals surface area contributed by atoms with Crippen LogP contribution in [0.5, 0.6) is 0 Å². The summed E-state index contributed by atoms with van der Waals surface area (Å²) in [6.07, 6.45) is 1.35. The van der Waals surface area contributed by atoms with E-state index in [1.807, 2.05) is 6.92 Å². The molecule has 0 saturated heterocycles. The van der Waals surface area contributed by atoms with E-state index in [4.69, 9.17) is 5.73 Å². The Morgan fingerprint density at radius 1 is 1.38 bits per heavy atom. The number of nitrogen functional groups attached to an aromatic ring is 1. The second-order valence-electron chi connectivity index (χ2n) is 3.55. The molecule has 1 aromatic carbocycles. The Morgan fingerprint density at radius 2 is 2.06 bits per heavy atom. The molecule has 1 aromatic rings. The lowest BCUT2D eigenvalue weighted by molar-refractivity contribution is 0.597. The van der Waals surface area contributed by atoms with Gasteiger partial charge < -0.3 is 5.73 Å². The molecule has 16 heavy (non-hydrogen) atoms. The number of nitrogens with one attached hydrogen (secondary N) is 1. The summed E-state index contributed by atoms with van der Waals surface area (Å²) in [4.78, 5) is 0. The van der Waals surface area contributed by atoms with Crippen molar-refractivity contribution in [1.29, 1.82) is 0 Å². The van der Waals surface area contributed by atoms with Crippen molar-refractivity contribution in [2.75, 3.05) is 16.2 Å². The fourth-order valence-electron chi connectivity index (χ4n) is 1.24. The van der Waals surface area contributed by atoms with Crippen LogP contribution < -0.4 is 10.5 Å². The monoisotopic (exact) mass is 246 g/mol. The van der Waals surface area contributed by atoms with Gasteiger partial charge in [0.1, 0.15) is 5.82 Å². The number of unbranched alkanes of at least 4 members (excludes halogenated alkanes) is 1. The molecule has 0 heterocycles. The van der Waals surface area contributed by atoms with Gasteiger partial charge in [0, 0.05) is 5.69 Å². The van der Waals surface area contributed by atoms with E-state index in [0.717, 1.165) is 18.6 Å². The lowest BCUT2D eigenvalue weighted by Gasteiger charge is -2.08. The minimum Gasteiger partial charge on any atom is -0.399 e. The van der Waals surface area contributed by atoms with E-state index < -0.39 is 15.8 Å². The van der Waals surface area contributed by atoms with Gasteiger partial charge in [-0.25, -0.2) is 12.8 Å². The molecule has 4 nitrogen and oxygen atoms in total. The van der Waals surface area contributed by atoms with Crippen molar-refractivity contribution in [2.24, 2.45) is 0 Å². The van der Waals surface area contributed by atoms with Gasteiger partial charge >= 0.3 is 0 Å². The van der Waals surface area contributed by atoms with E-state index in [2.05, 4.69) is 4.72 Å². The van der Waals surface area contributed by atoms with Crippen LogP contribution in [0.1, 0.15) is 19.8 Å². The van der Waals surface area contributed by atoms with Crippen molar-refractivity contribution in [3.63, 3.8) is 0 Å². The first-order valence-corrected chi connectivity index (χ1v) is 6.65. The van der Waals surface area contributed by atoms with Crippen LogP contribution in [-0.2, 0) is 10.0 Å². The summed E-state index contributed by atoms with van der Waals surface area (Å²) in [6.45, 7) is 1.90. The van der Waals surface area contributed by atoms with Gasteiger partial charge in [-0.05, 0) is 24.6 Å². The molecule has 0 atom stereocenters. The molecule has 6 heteroatoms. The van der Waals surface area contributed by atoms with Gasteiger partial charge in [0.25, 0.3) is 0 Å². The molecule has 0 spiro atoms. The second kappa shape index (κ2) is 5.16. The van der Waals surface area contributed by atoms with Gasteiger partial charge in [0.2, 0.25) is 10.0 Å². The Morgan fingerprint density at radius 3 is 2.62 bits per heavy atom. The van der Waals surface area contributed by atoms with Crippen LogP contribution >= 0.6 is 0 Å². The molecule has 0 aliphatic heterocycles. The summed E-state index contributed by atoms with van der Waals surface area (Å²) in [7, 11) is -3.40. The van der Waals surface area contributed by atoms with Gasteiger partial charge in [-0.15, -0.1) is 0 Å². The first kappa shape index (κ1) is 12.8. The molecular weight excluding hydrogens is 231 g/mol. The molecule has 0 bridgehead atoms. The van der Waals surface area contributed by atoms with E-state index in [1.165, 1.54) is 6.07 Å². The van der Waals surface area contributed by atoms with Crippen molar-refractivity contribution in [3.05, 3.63) is 24.0 Å². The maximum absolute atomic E-state index is 12.9. The Balaban J connectivity index is 2.80. The Hall–Kier alpha value is -1.30. The smallest absolute Gasteiger partial charge is 0.232 e. The first-order valence-electron chi connectivity index (χ1n) is 4.99. The van der Waals surface area contributed by atoms with Crippen LogP contribution in [0.25, 0.3) is 0 Å². The van der Waals surface area contributed by atoms with Crippen LogP contribution in [0.3, 0.4) is 0 Å². The van der Waals surface area contributed by atoms with E-state index in [9.17, 15) is 12.8 Å². The number of hydrogen-bond donors (Lipinski definition) is 2. The third kappa shape index (κ3) is 4.06. The normalized spacial score (nSPS) is 11.4. The minimum absolute atomic E-state index is 0.0277. The highest BCUT2D eigenvalue weighted by Gasteiger charge is 2.10. The highest BCUT2D eigenvalue weighted by atomic mass is 32.2. The van der Waals surface area contributed by atoms with Crippen LogP contribution in [0, 0.1) is 5.82 Å². The maximum Gasteiger partial charge on any atom is 0.232 e. The fraction of sp³-hybridized carbons (Fsp3) is 0.400. The van der Waals surface area contributed by atoms with Crippen molar-refractivity contribution < 1.29 is 12.8 Å². The van der Waals surface area contributed by atoms with Crippen LogP contribution in [0.15, 0.2) is 18.2 Å². The van der Waals surface area contributed by atoms with Crippen molar-refractivity contribution in [1.82, 2.24) is 0 Å². The second-order valence-corrected chi connectivity index (χ2v) is 5.39. The number of benzene rings is 1. The molecule has 0 unspecified atom stereocenters. The van der Waals surface area contributed by atoms with Gasteiger partial charge in [0.15, 0.2) is 0 Å². The van der Waals surface area contributed by atoms with E-state index >= 15 is 0 Å². The zero-order valence-corrected chi connectivity index (χ0v) is 9.85. The third-order valence-corrected chi connectivity index (χ3v) is 3.33. The average Bonchev–Trinajstić information content (AvgIpc) is 2.12. The summed E-state index contributed by atoms with van der Waals surface area (Å²) in [5, 5.41) is 0. The number of hydrogen-bond acceptors (Lipinski definition) is 3. The largest absolute Gasteiger partial charge is 0.399 e. The molecule has 0 aliphatic rings. The molecule has 0 fully saturated rings. The summed E-state index contributed by atoms with van der Waals surface area (Å²) in [6, 6.07) is 3.61. The Labute approximate surface area is 94.7 Å². The zero-order chi connectivity index (χ0) is 12.2. The molecule has 90 valence electrons. The summed E-state index contributed by atoms with van der Waals surface area (Å²) >= 11 is 0. The predicted octanol–water partition coefficient (Wildman–Crippen LogP) is 1.95. The van der Waals surface area contributed by atoms with Gasteiger partial charge in [-0.3, -0.25) is 4.72 Å². The number of sulfonamides is 1. The Kier molecular flexibility index (Phi) is 4.12. The predicted molar refractivity (Wildman–Crippen MR) is 63.1 cm³/mol. The molecule has 3 N–H and O–H groups in total. The van der Waals surface area contributed by atoms with E-state index in [1.54, 1.807) is 0 Å². The molecule has 1 rings (SSSR count). The lowest BCUT2D eigenvalue weighted by Crippen LogP contribution is -2.16. The van der Waals surface area contributed by atoms with E-state index in [-0.39, 0.29) is 17.1 Å². The topological polar surface area (TPSA) is 72.2 Å². The summed E-state index contributed by atoms with van der Waals surface area (Å²) in [5.74, 6) is -0.534. The average molecular weight is 246 g/mol. The highest BCUT2D eigenvalue weighted by Crippen LogP contribution is 2.17. The molecule has 0 aliphatic carbocycles. The fourth-order valence-corrected chi connectivity index (χ4v) is 2.48. The minimum atomic E-state index is -3.40. The quantitative estimate of drug-likeness (QED) is 0.780. The van der Waals surface area contributed by atoms with Crippen LogP contribution in [-0.4, -0.2) is 14.2 Å². The number of rotatable bonds is 5. The summed E-state index contributed by atoms with van der Waals surface area (Å²) in [5.41, 5.74) is 5.75. The number of halogens is 1. The summed E-state index contributed by atoms with van der Waals surface area (Å²) < 4.78 is 38.2. The van der Waals surface area contributed by atoms with Crippen molar-refractivity contribution >= 4 is 21.4 Å². The third-order valence-electron chi connectivity index (χ3n) is 1.96. The zero-order valence-electron chi connectivity index (χ0n) is 9.03. The lowest BCUT2D eigenvalue weighted by atomic mass is 10.3.